The van der Waals surface area contributed by atoms with Crippen LogP contribution in [-0.4, -0.2) is 17.0 Å². The van der Waals surface area contributed by atoms with Crippen molar-refractivity contribution < 1.29 is 10.0 Å². The zero-order valence-corrected chi connectivity index (χ0v) is 13.0. The minimum atomic E-state index is -1.08. The van der Waals surface area contributed by atoms with Gasteiger partial charge in [-0.3, -0.25) is 4.79 Å². The van der Waals surface area contributed by atoms with E-state index in [1.165, 1.54) is 0 Å². The van der Waals surface area contributed by atoms with E-state index in [0.717, 1.165) is 15.6 Å². The van der Waals surface area contributed by atoms with Crippen LogP contribution in [-0.2, 0) is 4.79 Å². The monoisotopic (exact) mass is 327 g/mol. The maximum Gasteiger partial charge on any atom is 0.237 e. The lowest BCUT2D eigenvalue weighted by atomic mass is 9.91. The van der Waals surface area contributed by atoms with Crippen LogP contribution >= 0.6 is 15.9 Å². The molecular formula is C13H18BrN3O2. The van der Waals surface area contributed by atoms with E-state index in [-0.39, 0.29) is 11.7 Å². The van der Waals surface area contributed by atoms with E-state index in [1.807, 2.05) is 26.0 Å². The molecule has 0 saturated heterocycles. The number of nitrogens with two attached hydrogens (primary N) is 1. The molecule has 104 valence electrons. The third-order valence-corrected chi connectivity index (χ3v) is 4.26. The highest BCUT2D eigenvalue weighted by Gasteiger charge is 2.32. The fourth-order valence-electron chi connectivity index (χ4n) is 1.55. The maximum absolute atomic E-state index is 12.1. The number of anilines is 1. The Bertz CT molecular complexity index is 516. The lowest BCUT2D eigenvalue weighted by Gasteiger charge is -2.22. The molecule has 0 aliphatic rings. The van der Waals surface area contributed by atoms with Crippen LogP contribution in [0.25, 0.3) is 0 Å². The van der Waals surface area contributed by atoms with E-state index in [9.17, 15) is 4.79 Å². The van der Waals surface area contributed by atoms with Crippen LogP contribution in [0.3, 0.4) is 0 Å². The summed E-state index contributed by atoms with van der Waals surface area (Å²) in [6.07, 6.45) is 0. The third-order valence-electron chi connectivity index (χ3n) is 3.01. The maximum atomic E-state index is 12.1. The predicted molar refractivity (Wildman–Crippen MR) is 79.4 cm³/mol. The Morgan fingerprint density at radius 2 is 1.84 bits per heavy atom. The van der Waals surface area contributed by atoms with Crippen molar-refractivity contribution in [3.05, 3.63) is 27.7 Å². The van der Waals surface area contributed by atoms with Crippen LogP contribution in [0, 0.1) is 19.3 Å². The Balaban J connectivity index is 3.01. The van der Waals surface area contributed by atoms with Gasteiger partial charge < -0.3 is 16.3 Å². The molecule has 0 saturated carbocycles. The quantitative estimate of drug-likeness (QED) is 0.345. The Kier molecular flexibility index (Phi) is 4.57. The molecule has 0 aliphatic carbocycles. The minimum Gasteiger partial charge on any atom is -0.409 e. The lowest BCUT2D eigenvalue weighted by molar-refractivity contribution is -0.121. The van der Waals surface area contributed by atoms with Gasteiger partial charge in [-0.2, -0.15) is 0 Å². The molecule has 1 amide bonds. The van der Waals surface area contributed by atoms with E-state index in [1.54, 1.807) is 13.8 Å². The molecule has 0 radical (unpaired) electrons. The fourth-order valence-corrected chi connectivity index (χ4v) is 1.78. The lowest BCUT2D eigenvalue weighted by Crippen LogP contribution is -2.42. The zero-order chi connectivity index (χ0) is 14.8. The molecule has 1 aromatic rings. The summed E-state index contributed by atoms with van der Waals surface area (Å²) >= 11 is 3.47. The number of hydrogen-bond acceptors (Lipinski definition) is 3. The molecule has 0 heterocycles. The average Bonchev–Trinajstić information content (AvgIpc) is 2.34. The predicted octanol–water partition coefficient (Wildman–Crippen LogP) is 2.78. The first-order chi connectivity index (χ1) is 8.70. The molecule has 1 aromatic carbocycles. The van der Waals surface area contributed by atoms with E-state index in [2.05, 4.69) is 26.4 Å². The van der Waals surface area contributed by atoms with Gasteiger partial charge >= 0.3 is 0 Å². The number of amides is 1. The number of carbonyl (C=O) groups is 1. The van der Waals surface area contributed by atoms with Crippen LogP contribution < -0.4 is 11.1 Å². The molecule has 5 nitrogen and oxygen atoms in total. The first-order valence-corrected chi connectivity index (χ1v) is 6.55. The molecule has 1 rings (SSSR count). The summed E-state index contributed by atoms with van der Waals surface area (Å²) in [5.74, 6) is -0.459. The minimum absolute atomic E-state index is 0.129. The van der Waals surface area contributed by atoms with Gasteiger partial charge in [-0.25, -0.2) is 0 Å². The Morgan fingerprint density at radius 3 is 2.26 bits per heavy atom. The first kappa shape index (κ1) is 15.5. The van der Waals surface area contributed by atoms with Gasteiger partial charge in [0.2, 0.25) is 5.91 Å². The molecule has 0 atom stereocenters. The van der Waals surface area contributed by atoms with Gasteiger partial charge in [-0.05, 0) is 51.0 Å². The van der Waals surface area contributed by atoms with Crippen molar-refractivity contribution in [1.82, 2.24) is 0 Å². The molecule has 4 N–H and O–H groups in total. The Hall–Kier alpha value is -1.56. The number of carbonyl (C=O) groups excluding carboxylic acids is 1. The van der Waals surface area contributed by atoms with Crippen LogP contribution in [0.2, 0.25) is 0 Å². The van der Waals surface area contributed by atoms with Gasteiger partial charge in [-0.15, -0.1) is 0 Å². The number of amidine groups is 1. The van der Waals surface area contributed by atoms with Crippen molar-refractivity contribution in [2.75, 3.05) is 5.32 Å². The summed E-state index contributed by atoms with van der Waals surface area (Å²) in [5, 5.41) is 14.4. The molecule has 0 bridgehead atoms. The fraction of sp³-hybridized carbons (Fsp3) is 0.385. The van der Waals surface area contributed by atoms with Gasteiger partial charge in [0.25, 0.3) is 0 Å². The SMILES string of the molecule is Cc1cc(NC(=O)C(C)(C)/C(N)=N/O)cc(C)c1Br. The highest BCUT2D eigenvalue weighted by molar-refractivity contribution is 9.10. The number of nitrogens with one attached hydrogen (secondary N) is 1. The van der Waals surface area contributed by atoms with Crippen molar-refractivity contribution >= 4 is 33.4 Å². The van der Waals surface area contributed by atoms with E-state index in [0.29, 0.717) is 5.69 Å². The summed E-state index contributed by atoms with van der Waals surface area (Å²) < 4.78 is 1.01. The number of rotatable bonds is 3. The van der Waals surface area contributed by atoms with Crippen molar-refractivity contribution in [2.24, 2.45) is 16.3 Å². The Morgan fingerprint density at radius 1 is 1.37 bits per heavy atom. The van der Waals surface area contributed by atoms with Crippen LogP contribution in [0.1, 0.15) is 25.0 Å². The van der Waals surface area contributed by atoms with Crippen LogP contribution in [0.4, 0.5) is 5.69 Å². The van der Waals surface area contributed by atoms with Crippen molar-refractivity contribution in [1.29, 1.82) is 0 Å². The summed E-state index contributed by atoms with van der Waals surface area (Å²) in [4.78, 5) is 12.1. The normalized spacial score (nSPS) is 12.4. The van der Waals surface area contributed by atoms with Crippen LogP contribution in [0.15, 0.2) is 21.8 Å². The van der Waals surface area contributed by atoms with Gasteiger partial charge in [0, 0.05) is 10.2 Å². The van der Waals surface area contributed by atoms with Gasteiger partial charge in [0.15, 0.2) is 5.84 Å². The molecule has 0 spiro atoms. The molecule has 0 aliphatic heterocycles. The highest BCUT2D eigenvalue weighted by Crippen LogP contribution is 2.26. The Labute approximate surface area is 121 Å². The molecule has 0 fully saturated rings. The van der Waals surface area contributed by atoms with E-state index in [4.69, 9.17) is 10.9 Å². The van der Waals surface area contributed by atoms with Gasteiger partial charge in [0.1, 0.15) is 5.41 Å². The number of benzene rings is 1. The highest BCUT2D eigenvalue weighted by atomic mass is 79.9. The smallest absolute Gasteiger partial charge is 0.237 e. The van der Waals surface area contributed by atoms with E-state index >= 15 is 0 Å². The number of oxime groups is 1. The van der Waals surface area contributed by atoms with Crippen molar-refractivity contribution in [2.45, 2.75) is 27.7 Å². The standard InChI is InChI=1S/C13H18BrN3O2/c1-7-5-9(6-8(2)10(7)14)16-12(18)13(3,4)11(15)17-19/h5-6,19H,1-4H3,(H2,15,17)(H,16,18). The van der Waals surface area contributed by atoms with E-state index < -0.39 is 5.41 Å². The number of nitrogens with zero attached hydrogens (tertiary/aromatic N) is 1. The van der Waals surface area contributed by atoms with Gasteiger partial charge in [0.05, 0.1) is 0 Å². The third kappa shape index (κ3) is 3.26. The largest absolute Gasteiger partial charge is 0.409 e. The molecule has 0 aromatic heterocycles. The molecule has 0 unspecified atom stereocenters. The van der Waals surface area contributed by atoms with Crippen molar-refractivity contribution in [3.8, 4) is 0 Å². The molecule has 6 heteroatoms. The molecular weight excluding hydrogens is 310 g/mol. The number of aryl methyl sites for hydroxylation is 2. The van der Waals surface area contributed by atoms with Crippen LogP contribution in [0.5, 0.6) is 0 Å². The van der Waals surface area contributed by atoms with Crippen molar-refractivity contribution in [3.63, 3.8) is 0 Å². The summed E-state index contributed by atoms with van der Waals surface area (Å²) in [6.45, 7) is 7.08. The summed E-state index contributed by atoms with van der Waals surface area (Å²) in [6, 6.07) is 3.72. The number of halogens is 1. The second kappa shape index (κ2) is 5.61. The second-order valence-corrected chi connectivity index (χ2v) is 5.78. The second-order valence-electron chi connectivity index (χ2n) is 4.99. The topological polar surface area (TPSA) is 87.7 Å². The van der Waals surface area contributed by atoms with Gasteiger partial charge in [-0.1, -0.05) is 21.1 Å². The zero-order valence-electron chi connectivity index (χ0n) is 11.4. The average molecular weight is 328 g/mol. The summed E-state index contributed by atoms with van der Waals surface area (Å²) in [5.41, 5.74) is 7.17. The first-order valence-electron chi connectivity index (χ1n) is 5.76. The summed E-state index contributed by atoms with van der Waals surface area (Å²) in [7, 11) is 0. The number of hydrogen-bond donors (Lipinski definition) is 3. The molecule has 19 heavy (non-hydrogen) atoms.